The SMILES string of the molecule is CC(C)C[P+](C)(C)C.O=S(=O)(F)[N-]S(=O)(=O)F. The molecule has 0 aromatic carbocycles. The maximum Gasteiger partial charge on any atom is 0.241 e. The average molecular weight is 313 g/mol. The van der Waals surface area contributed by atoms with Crippen molar-refractivity contribution >= 4 is 28.1 Å². The fourth-order valence-electron chi connectivity index (χ4n) is 1.20. The summed E-state index contributed by atoms with van der Waals surface area (Å²) in [6, 6.07) is 0. The highest BCUT2D eigenvalue weighted by Gasteiger charge is 2.17. The average Bonchev–Trinajstić information content (AvgIpc) is 1.68. The minimum absolute atomic E-state index is 0.472. The van der Waals surface area contributed by atoms with E-state index in [0.29, 0.717) is 0 Å². The highest BCUT2D eigenvalue weighted by atomic mass is 32.3. The van der Waals surface area contributed by atoms with Crippen molar-refractivity contribution in [1.29, 1.82) is 0 Å². The van der Waals surface area contributed by atoms with Crippen molar-refractivity contribution in [2.24, 2.45) is 5.92 Å². The Morgan fingerprint density at radius 3 is 1.29 bits per heavy atom. The van der Waals surface area contributed by atoms with Crippen molar-refractivity contribution in [2.45, 2.75) is 13.8 Å². The predicted octanol–water partition coefficient (Wildman–Crippen LogP) is 2.34. The van der Waals surface area contributed by atoms with E-state index in [1.165, 1.54) is 6.16 Å². The fraction of sp³-hybridized carbons (Fsp3) is 1.00. The molecule has 0 radical (unpaired) electrons. The van der Waals surface area contributed by atoms with Crippen molar-refractivity contribution < 1.29 is 24.6 Å². The van der Waals surface area contributed by atoms with E-state index in [1.807, 2.05) is 0 Å². The van der Waals surface area contributed by atoms with Crippen LogP contribution in [0.3, 0.4) is 0 Å². The lowest BCUT2D eigenvalue weighted by molar-refractivity contribution is 0.551. The van der Waals surface area contributed by atoms with Crippen molar-refractivity contribution in [3.8, 4) is 0 Å². The summed E-state index contributed by atoms with van der Waals surface area (Å²) in [5.41, 5.74) is 0. The Bertz CT molecular complexity index is 384. The zero-order valence-electron chi connectivity index (χ0n) is 10.4. The molecule has 0 bridgehead atoms. The van der Waals surface area contributed by atoms with Gasteiger partial charge in [0.25, 0.3) is 0 Å². The van der Waals surface area contributed by atoms with Gasteiger partial charge in [-0.2, -0.15) is 0 Å². The molecule has 0 aromatic rings. The molecule has 0 amide bonds. The van der Waals surface area contributed by atoms with E-state index >= 15 is 0 Å². The summed E-state index contributed by atoms with van der Waals surface area (Å²) in [5, 5.41) is 0. The first-order chi connectivity index (χ1) is 7.12. The van der Waals surface area contributed by atoms with E-state index in [-0.39, 0.29) is 0 Å². The van der Waals surface area contributed by atoms with Crippen LogP contribution >= 0.6 is 7.26 Å². The van der Waals surface area contributed by atoms with E-state index in [2.05, 4.69) is 33.8 Å². The van der Waals surface area contributed by atoms with Crippen LogP contribution in [-0.4, -0.2) is 43.0 Å². The van der Waals surface area contributed by atoms with Crippen LogP contribution in [0, 0.1) is 5.92 Å². The molecule has 0 N–H and O–H groups in total. The molecule has 0 rings (SSSR count). The molecule has 0 heterocycles. The smallest absolute Gasteiger partial charge is 0.241 e. The third kappa shape index (κ3) is 26.0. The first kappa shape index (κ1) is 19.5. The Morgan fingerprint density at radius 1 is 1.00 bits per heavy atom. The van der Waals surface area contributed by atoms with Gasteiger partial charge >= 0.3 is 0 Å². The zero-order chi connectivity index (χ0) is 14.5. The van der Waals surface area contributed by atoms with E-state index in [4.69, 9.17) is 0 Å². The molecule has 106 valence electrons. The van der Waals surface area contributed by atoms with Crippen LogP contribution in [0.1, 0.15) is 13.8 Å². The van der Waals surface area contributed by atoms with Crippen molar-refractivity contribution in [3.05, 3.63) is 4.13 Å². The quantitative estimate of drug-likeness (QED) is 0.589. The molecule has 0 unspecified atom stereocenters. The standard InChI is InChI=1S/C7H18P.F2NO4S2/c1-7(2)6-8(3,4)5;1-8(4,5)3-9(2,6)7/h7H,6H2,1-5H3;/q+1;-1. The molecule has 0 atom stereocenters. The third-order valence-corrected chi connectivity index (χ3v) is 4.34. The number of hydrogen-bond acceptors (Lipinski definition) is 4. The van der Waals surface area contributed by atoms with Crippen molar-refractivity contribution in [2.75, 3.05) is 26.2 Å². The van der Waals surface area contributed by atoms with Crippen LogP contribution in [0.2, 0.25) is 0 Å². The summed E-state index contributed by atoms with van der Waals surface area (Å²) in [6.45, 7) is 11.8. The van der Waals surface area contributed by atoms with Crippen LogP contribution in [0.15, 0.2) is 0 Å². The maximum atomic E-state index is 11.1. The molecule has 0 aliphatic heterocycles. The van der Waals surface area contributed by atoms with Gasteiger partial charge in [-0.25, -0.2) is 16.8 Å². The third-order valence-electron chi connectivity index (χ3n) is 1.09. The van der Waals surface area contributed by atoms with Gasteiger partial charge in [0.2, 0.25) is 20.8 Å². The highest BCUT2D eigenvalue weighted by molar-refractivity contribution is 8.07. The van der Waals surface area contributed by atoms with Gasteiger partial charge in [0.05, 0.1) is 6.16 Å². The Balaban J connectivity index is 0. The molecule has 0 saturated carbocycles. The Kier molecular flexibility index (Phi) is 7.93. The number of hydrogen-bond donors (Lipinski definition) is 0. The van der Waals surface area contributed by atoms with Gasteiger partial charge in [-0.15, -0.1) is 7.77 Å². The van der Waals surface area contributed by atoms with Gasteiger partial charge in [0.15, 0.2) is 0 Å². The minimum Gasteiger partial charge on any atom is -0.379 e. The normalized spacial score (nSPS) is 13.2. The molecular weight excluding hydrogens is 295 g/mol. The topological polar surface area (TPSA) is 82.4 Å². The van der Waals surface area contributed by atoms with Gasteiger partial charge in [0.1, 0.15) is 0 Å². The summed E-state index contributed by atoms with van der Waals surface area (Å²) in [6.07, 6.45) is 1.44. The summed E-state index contributed by atoms with van der Waals surface area (Å²) >= 11 is 0. The first-order valence-electron chi connectivity index (χ1n) is 4.56. The Labute approximate surface area is 103 Å². The lowest BCUT2D eigenvalue weighted by Crippen LogP contribution is -1.99. The monoisotopic (exact) mass is 313 g/mol. The second-order valence-electron chi connectivity index (χ2n) is 4.77. The summed E-state index contributed by atoms with van der Waals surface area (Å²) in [5.74, 6) is 0.892. The molecule has 17 heavy (non-hydrogen) atoms. The molecule has 10 heteroatoms. The maximum absolute atomic E-state index is 11.1. The molecule has 0 aromatic heterocycles. The van der Waals surface area contributed by atoms with Crippen LogP contribution in [0.5, 0.6) is 0 Å². The van der Waals surface area contributed by atoms with Gasteiger partial charge in [0, 0.05) is 27.3 Å². The largest absolute Gasteiger partial charge is 0.379 e. The fourth-order valence-corrected chi connectivity index (χ4v) is 4.24. The number of rotatable bonds is 4. The number of nitrogens with zero attached hydrogens (tertiary/aromatic N) is 1. The number of halogens is 2. The van der Waals surface area contributed by atoms with Crippen LogP contribution in [-0.2, 0) is 20.8 Å². The van der Waals surface area contributed by atoms with Crippen molar-refractivity contribution in [1.82, 2.24) is 0 Å². The second kappa shape index (κ2) is 6.92. The molecule has 0 aliphatic carbocycles. The molecule has 0 aliphatic rings. The molecule has 0 fully saturated rings. The van der Waals surface area contributed by atoms with Crippen LogP contribution < -0.4 is 0 Å². The van der Waals surface area contributed by atoms with E-state index in [0.717, 1.165) is 10.0 Å². The lowest BCUT2D eigenvalue weighted by atomic mass is 10.3. The van der Waals surface area contributed by atoms with Gasteiger partial charge in [-0.05, 0) is 5.92 Å². The van der Waals surface area contributed by atoms with Crippen LogP contribution in [0.25, 0.3) is 4.13 Å². The molecule has 5 nitrogen and oxygen atoms in total. The highest BCUT2D eigenvalue weighted by Crippen LogP contribution is 2.47. The molecule has 0 spiro atoms. The predicted molar refractivity (Wildman–Crippen MR) is 67.8 cm³/mol. The summed E-state index contributed by atoms with van der Waals surface area (Å²) in [4.78, 5) is 0. The Hall–Kier alpha value is 0.150. The molecule has 0 saturated heterocycles. The van der Waals surface area contributed by atoms with E-state index in [9.17, 15) is 24.6 Å². The van der Waals surface area contributed by atoms with Crippen LogP contribution in [0.4, 0.5) is 7.77 Å². The van der Waals surface area contributed by atoms with E-state index < -0.39 is 28.1 Å². The van der Waals surface area contributed by atoms with Crippen molar-refractivity contribution in [3.63, 3.8) is 0 Å². The van der Waals surface area contributed by atoms with E-state index in [1.54, 1.807) is 0 Å². The summed E-state index contributed by atoms with van der Waals surface area (Å²) in [7, 11) is -11.7. The van der Waals surface area contributed by atoms with Gasteiger partial charge < -0.3 is 4.13 Å². The first-order valence-corrected chi connectivity index (χ1v) is 10.6. The summed E-state index contributed by atoms with van der Waals surface area (Å²) < 4.78 is 60.1. The van der Waals surface area contributed by atoms with Gasteiger partial charge in [-0.1, -0.05) is 13.8 Å². The Morgan fingerprint density at radius 2 is 1.29 bits per heavy atom. The minimum atomic E-state index is -5.62. The second-order valence-corrected chi connectivity index (χ2v) is 12.0. The molecular formula is C7H18F2NO4PS2. The van der Waals surface area contributed by atoms with Gasteiger partial charge in [-0.3, -0.25) is 0 Å². The zero-order valence-corrected chi connectivity index (χ0v) is 12.9. The lowest BCUT2D eigenvalue weighted by Gasteiger charge is -2.13.